The van der Waals surface area contributed by atoms with Gasteiger partial charge in [-0.2, -0.15) is 0 Å². The molecule has 0 radical (unpaired) electrons. The van der Waals surface area contributed by atoms with E-state index in [2.05, 4.69) is 20.2 Å². The largest absolute Gasteiger partial charge is 0.376 e. The van der Waals surface area contributed by atoms with E-state index in [1.807, 2.05) is 0 Å². The van der Waals surface area contributed by atoms with Crippen molar-refractivity contribution in [1.82, 2.24) is 20.2 Å². The Labute approximate surface area is 110 Å². The Morgan fingerprint density at radius 1 is 1.56 bits per heavy atom. The predicted molar refractivity (Wildman–Crippen MR) is 68.8 cm³/mol. The van der Waals surface area contributed by atoms with Crippen LogP contribution < -0.4 is 10.6 Å². The molecule has 7 heteroatoms. The topological polar surface area (TPSA) is 76.1 Å². The summed E-state index contributed by atoms with van der Waals surface area (Å²) in [6.45, 7) is 4.90. The van der Waals surface area contributed by atoms with Gasteiger partial charge in [0.25, 0.3) is 5.91 Å². The lowest BCUT2D eigenvalue weighted by Gasteiger charge is -2.22. The highest BCUT2D eigenvalue weighted by Crippen LogP contribution is 2.08. The molecule has 1 aromatic rings. The molecule has 2 N–H and O–H groups in total. The van der Waals surface area contributed by atoms with Crippen molar-refractivity contribution in [3.63, 3.8) is 0 Å². The lowest BCUT2D eigenvalue weighted by molar-refractivity contribution is 0.0343. The van der Waals surface area contributed by atoms with Crippen LogP contribution >= 0.6 is 11.5 Å². The van der Waals surface area contributed by atoms with Crippen LogP contribution in [0.25, 0.3) is 0 Å². The molecule has 0 bridgehead atoms. The smallest absolute Gasteiger partial charge is 0.265 e. The van der Waals surface area contributed by atoms with Gasteiger partial charge < -0.3 is 15.4 Å². The van der Waals surface area contributed by atoms with Crippen molar-refractivity contribution in [3.8, 4) is 0 Å². The van der Waals surface area contributed by atoms with Gasteiger partial charge in [-0.15, -0.1) is 5.10 Å². The van der Waals surface area contributed by atoms with Gasteiger partial charge in [-0.1, -0.05) is 4.49 Å². The average Bonchev–Trinajstić information content (AvgIpc) is 2.82. The maximum Gasteiger partial charge on any atom is 0.265 e. The standard InChI is InChI=1S/C11H18N4O2S/c1-8-10(18-15-14-8)11(16)13-6-7-17-9-2-4-12-5-3-9/h9,12H,2-7H2,1H3,(H,13,16). The highest BCUT2D eigenvalue weighted by molar-refractivity contribution is 7.07. The average molecular weight is 270 g/mol. The van der Waals surface area contributed by atoms with Crippen molar-refractivity contribution in [2.75, 3.05) is 26.2 Å². The lowest BCUT2D eigenvalue weighted by atomic mass is 10.1. The zero-order chi connectivity index (χ0) is 12.8. The molecule has 1 fully saturated rings. The van der Waals surface area contributed by atoms with Gasteiger partial charge in [-0.25, -0.2) is 0 Å². The van der Waals surface area contributed by atoms with Gasteiger partial charge in [-0.05, 0) is 44.4 Å². The van der Waals surface area contributed by atoms with Crippen LogP contribution in [0.2, 0.25) is 0 Å². The van der Waals surface area contributed by atoms with Crippen LogP contribution in [-0.4, -0.2) is 47.8 Å². The third-order valence-corrected chi connectivity index (χ3v) is 3.71. The zero-order valence-electron chi connectivity index (χ0n) is 10.4. The number of piperidine rings is 1. The summed E-state index contributed by atoms with van der Waals surface area (Å²) in [5, 5.41) is 9.91. The molecule has 0 atom stereocenters. The van der Waals surface area contributed by atoms with E-state index in [4.69, 9.17) is 4.74 Å². The Balaban J connectivity index is 1.63. The van der Waals surface area contributed by atoms with E-state index in [0.717, 1.165) is 37.5 Å². The maximum atomic E-state index is 11.7. The van der Waals surface area contributed by atoms with Crippen LogP contribution in [0.15, 0.2) is 0 Å². The van der Waals surface area contributed by atoms with E-state index in [9.17, 15) is 4.79 Å². The summed E-state index contributed by atoms with van der Waals surface area (Å²) in [5.74, 6) is -0.114. The second-order valence-electron chi connectivity index (χ2n) is 4.26. The minimum absolute atomic E-state index is 0.114. The summed E-state index contributed by atoms with van der Waals surface area (Å²) in [7, 11) is 0. The molecule has 0 saturated carbocycles. The Morgan fingerprint density at radius 3 is 3.00 bits per heavy atom. The number of hydrogen-bond donors (Lipinski definition) is 2. The number of aromatic nitrogens is 2. The molecule has 1 saturated heterocycles. The van der Waals surface area contributed by atoms with Gasteiger partial charge in [-0.3, -0.25) is 4.79 Å². The van der Waals surface area contributed by atoms with Crippen molar-refractivity contribution in [2.24, 2.45) is 0 Å². The molecule has 2 heterocycles. The van der Waals surface area contributed by atoms with Gasteiger partial charge in [0.15, 0.2) is 0 Å². The first kappa shape index (κ1) is 13.4. The van der Waals surface area contributed by atoms with Crippen LogP contribution in [0.5, 0.6) is 0 Å². The van der Waals surface area contributed by atoms with Gasteiger partial charge in [0.1, 0.15) is 4.88 Å². The minimum Gasteiger partial charge on any atom is -0.376 e. The highest BCUT2D eigenvalue weighted by Gasteiger charge is 2.14. The van der Waals surface area contributed by atoms with E-state index < -0.39 is 0 Å². The van der Waals surface area contributed by atoms with Crippen LogP contribution in [0, 0.1) is 6.92 Å². The first-order valence-corrected chi connectivity index (χ1v) is 6.94. The summed E-state index contributed by atoms with van der Waals surface area (Å²) >= 11 is 1.12. The lowest BCUT2D eigenvalue weighted by Crippen LogP contribution is -2.34. The zero-order valence-corrected chi connectivity index (χ0v) is 11.3. The fourth-order valence-corrected chi connectivity index (χ4v) is 2.45. The molecule has 1 aromatic heterocycles. The number of rotatable bonds is 5. The van der Waals surface area contributed by atoms with Gasteiger partial charge in [0.05, 0.1) is 18.4 Å². The number of carbonyl (C=O) groups excluding carboxylic acids is 1. The van der Waals surface area contributed by atoms with Crippen molar-refractivity contribution in [2.45, 2.75) is 25.9 Å². The number of amides is 1. The van der Waals surface area contributed by atoms with Crippen LogP contribution in [0.3, 0.4) is 0 Å². The van der Waals surface area contributed by atoms with Crippen molar-refractivity contribution in [1.29, 1.82) is 0 Å². The van der Waals surface area contributed by atoms with Crippen molar-refractivity contribution >= 4 is 17.4 Å². The summed E-state index contributed by atoms with van der Waals surface area (Å²) in [6, 6.07) is 0. The minimum atomic E-state index is -0.114. The molecule has 1 aliphatic heterocycles. The van der Waals surface area contributed by atoms with Crippen LogP contribution in [0.1, 0.15) is 28.2 Å². The molecule has 0 unspecified atom stereocenters. The van der Waals surface area contributed by atoms with E-state index >= 15 is 0 Å². The third-order valence-electron chi connectivity index (χ3n) is 2.89. The molecule has 6 nitrogen and oxygen atoms in total. The summed E-state index contributed by atoms with van der Waals surface area (Å²) in [6.07, 6.45) is 2.42. The number of carbonyl (C=O) groups is 1. The first-order valence-electron chi connectivity index (χ1n) is 6.17. The Kier molecular flexibility index (Phi) is 5.03. The molecule has 1 aliphatic rings. The van der Waals surface area contributed by atoms with Crippen molar-refractivity contribution in [3.05, 3.63) is 10.6 Å². The number of ether oxygens (including phenoxy) is 1. The summed E-state index contributed by atoms with van der Waals surface area (Å²) < 4.78 is 9.44. The molecule has 0 aliphatic carbocycles. The van der Waals surface area contributed by atoms with Crippen LogP contribution in [-0.2, 0) is 4.74 Å². The van der Waals surface area contributed by atoms with Gasteiger partial charge in [0.2, 0.25) is 0 Å². The quantitative estimate of drug-likeness (QED) is 0.755. The molecule has 18 heavy (non-hydrogen) atoms. The molecule has 0 spiro atoms. The monoisotopic (exact) mass is 270 g/mol. The van der Waals surface area contributed by atoms with Gasteiger partial charge in [0, 0.05) is 6.54 Å². The van der Waals surface area contributed by atoms with E-state index in [1.165, 1.54) is 0 Å². The molecular formula is C11H18N4O2S. The first-order chi connectivity index (χ1) is 8.77. The second-order valence-corrected chi connectivity index (χ2v) is 5.02. The second kappa shape index (κ2) is 6.77. The molecule has 2 rings (SSSR count). The fourth-order valence-electron chi connectivity index (χ4n) is 1.87. The summed E-state index contributed by atoms with van der Waals surface area (Å²) in [4.78, 5) is 12.3. The highest BCUT2D eigenvalue weighted by atomic mass is 32.1. The fraction of sp³-hybridized carbons (Fsp3) is 0.727. The van der Waals surface area contributed by atoms with E-state index in [0.29, 0.717) is 29.8 Å². The van der Waals surface area contributed by atoms with Crippen molar-refractivity contribution < 1.29 is 9.53 Å². The van der Waals surface area contributed by atoms with Crippen LogP contribution in [0.4, 0.5) is 0 Å². The van der Waals surface area contributed by atoms with E-state index in [-0.39, 0.29) is 5.91 Å². The SMILES string of the molecule is Cc1nnsc1C(=O)NCCOC1CCNCC1. The number of nitrogens with one attached hydrogen (secondary N) is 2. The Hall–Kier alpha value is -1.05. The number of hydrogen-bond acceptors (Lipinski definition) is 6. The van der Waals surface area contributed by atoms with E-state index in [1.54, 1.807) is 6.92 Å². The Morgan fingerprint density at radius 2 is 2.33 bits per heavy atom. The molecule has 100 valence electrons. The van der Waals surface area contributed by atoms with Gasteiger partial charge >= 0.3 is 0 Å². The molecular weight excluding hydrogens is 252 g/mol. The number of nitrogens with zero attached hydrogens (tertiary/aromatic N) is 2. The summed E-state index contributed by atoms with van der Waals surface area (Å²) in [5.41, 5.74) is 0.678. The Bertz CT molecular complexity index is 390. The molecule has 1 amide bonds. The predicted octanol–water partition coefficient (Wildman–Crippen LogP) is 0.345. The third kappa shape index (κ3) is 3.72. The molecule has 0 aromatic carbocycles. The normalized spacial score (nSPS) is 16.7. The number of aryl methyl sites for hydroxylation is 1. The maximum absolute atomic E-state index is 11.7.